The van der Waals surface area contributed by atoms with Crippen LogP contribution in [0, 0.1) is 48.3 Å². The van der Waals surface area contributed by atoms with Crippen LogP contribution >= 0.6 is 0 Å². The summed E-state index contributed by atoms with van der Waals surface area (Å²) in [6.45, 7) is 7.82. The molecule has 9 atom stereocenters. The monoisotopic (exact) mass is 604 g/mol. The highest BCUT2D eigenvalue weighted by Crippen LogP contribution is 2.57. The molecule has 2 saturated carbocycles. The molecule has 2 heterocycles. The summed E-state index contributed by atoms with van der Waals surface area (Å²) in [6, 6.07) is 14.0. The highest BCUT2D eigenvalue weighted by atomic mass is 32.2. The van der Waals surface area contributed by atoms with Crippen molar-refractivity contribution in [1.29, 1.82) is 0 Å². The topological polar surface area (TPSA) is 96.0 Å². The van der Waals surface area contributed by atoms with Crippen LogP contribution in [0.5, 0.6) is 5.75 Å². The number of Topliss-reactive ketones (excluding diaryl/α,β-unsaturated/α-hetero) is 1. The van der Waals surface area contributed by atoms with E-state index in [-0.39, 0.29) is 47.6 Å². The molecule has 0 saturated heterocycles. The van der Waals surface area contributed by atoms with Crippen LogP contribution in [0.2, 0.25) is 0 Å². The maximum Gasteiger partial charge on any atom is 0.313 e. The Hall–Kier alpha value is -3.23. The summed E-state index contributed by atoms with van der Waals surface area (Å²) >= 11 is 0. The number of benzene rings is 2. The lowest BCUT2D eigenvalue weighted by Gasteiger charge is -2.38. The highest BCUT2D eigenvalue weighted by molar-refractivity contribution is 7.86. The summed E-state index contributed by atoms with van der Waals surface area (Å²) in [5, 5.41) is 0. The standard InChI is InChI=1S/C35H40O7S/c1-4-24-10-16-28-30-17-22(3)7-15-29(30)35-34(28)33(24)31(36)19-32(37)41-26(18-23-8-11-25(42-35)12-9-23)20-40-43(38,39)27-13-5-21(2)6-14-27/h4-6,8-14,16,22,24,26,28-30,33-35H,1,7,15,17-20H2,2-3H3/t22-,24+,26-,28+,29-,30+,33-,34+,35+/m1/s1. The number of allylic oxidation sites excluding steroid dienone is 3. The maximum absolute atomic E-state index is 14.0. The molecule has 0 unspecified atom stereocenters. The van der Waals surface area contributed by atoms with Gasteiger partial charge in [0.15, 0.2) is 0 Å². The molecule has 43 heavy (non-hydrogen) atoms. The van der Waals surface area contributed by atoms with Crippen LogP contribution in [0.3, 0.4) is 0 Å². The Morgan fingerprint density at radius 1 is 0.977 bits per heavy atom. The summed E-state index contributed by atoms with van der Waals surface area (Å²) in [7, 11) is -4.07. The first kappa shape index (κ1) is 29.8. The van der Waals surface area contributed by atoms with E-state index < -0.39 is 34.5 Å². The number of ether oxygens (including phenoxy) is 2. The zero-order valence-electron chi connectivity index (χ0n) is 24.8. The summed E-state index contributed by atoms with van der Waals surface area (Å²) in [4.78, 5) is 27.3. The molecule has 2 aliphatic heterocycles. The zero-order chi connectivity index (χ0) is 30.3. The number of carbonyl (C=O) groups excluding carboxylic acids is 2. The Morgan fingerprint density at radius 3 is 2.44 bits per heavy atom. The lowest BCUT2D eigenvalue weighted by Crippen LogP contribution is -2.43. The van der Waals surface area contributed by atoms with Crippen LogP contribution in [-0.4, -0.2) is 39.0 Å². The predicted octanol–water partition coefficient (Wildman–Crippen LogP) is 5.86. The van der Waals surface area contributed by atoms with Crippen molar-refractivity contribution in [2.75, 3.05) is 6.61 Å². The van der Waals surface area contributed by atoms with Crippen LogP contribution in [0.15, 0.2) is 78.2 Å². The summed E-state index contributed by atoms with van der Waals surface area (Å²) in [5.41, 5.74) is 1.76. The Balaban J connectivity index is 1.30. The summed E-state index contributed by atoms with van der Waals surface area (Å²) < 4.78 is 43.7. The van der Waals surface area contributed by atoms with Gasteiger partial charge in [-0.05, 0) is 73.3 Å². The first-order chi connectivity index (χ1) is 20.6. The molecular formula is C35H40O7S. The average molecular weight is 605 g/mol. The molecule has 8 heteroatoms. The molecule has 7 rings (SSSR count). The molecule has 2 bridgehead atoms. The third kappa shape index (κ3) is 6.09. The summed E-state index contributed by atoms with van der Waals surface area (Å²) in [5.74, 6) is 0.714. The number of esters is 1. The van der Waals surface area contributed by atoms with Gasteiger partial charge in [0.1, 0.15) is 36.8 Å². The second-order valence-corrected chi connectivity index (χ2v) is 14.5. The van der Waals surface area contributed by atoms with Gasteiger partial charge in [-0.3, -0.25) is 13.8 Å². The van der Waals surface area contributed by atoms with E-state index in [4.69, 9.17) is 13.7 Å². The van der Waals surface area contributed by atoms with Gasteiger partial charge in [-0.15, -0.1) is 6.58 Å². The third-order valence-electron chi connectivity index (χ3n) is 9.98. The van der Waals surface area contributed by atoms with Crippen molar-refractivity contribution in [2.24, 2.45) is 41.4 Å². The number of ketones is 1. The van der Waals surface area contributed by atoms with E-state index in [1.807, 2.05) is 31.2 Å². The van der Waals surface area contributed by atoms with Crippen molar-refractivity contribution < 1.29 is 31.7 Å². The molecule has 0 N–H and O–H groups in total. The average Bonchev–Trinajstić information content (AvgIpc) is 3.28. The molecule has 7 nitrogen and oxygen atoms in total. The molecular weight excluding hydrogens is 564 g/mol. The maximum atomic E-state index is 14.0. The molecule has 5 aliphatic rings. The molecule has 3 aliphatic carbocycles. The lowest BCUT2D eigenvalue weighted by molar-refractivity contribution is -0.153. The minimum atomic E-state index is -4.07. The number of aryl methyl sites for hydroxylation is 1. The van der Waals surface area contributed by atoms with Gasteiger partial charge < -0.3 is 9.47 Å². The Morgan fingerprint density at radius 2 is 1.72 bits per heavy atom. The fraction of sp³-hybridized carbons (Fsp3) is 0.486. The second-order valence-electron chi connectivity index (χ2n) is 12.9. The molecule has 0 aromatic heterocycles. The van der Waals surface area contributed by atoms with E-state index in [9.17, 15) is 18.0 Å². The Labute approximate surface area is 254 Å². The number of hydrogen-bond donors (Lipinski definition) is 0. The van der Waals surface area contributed by atoms with Gasteiger partial charge in [0.25, 0.3) is 10.1 Å². The van der Waals surface area contributed by atoms with Gasteiger partial charge in [0.05, 0.1) is 4.90 Å². The van der Waals surface area contributed by atoms with Crippen LogP contribution in [-0.2, 0) is 35.0 Å². The number of rotatable bonds is 5. The third-order valence-corrected chi connectivity index (χ3v) is 11.3. The normalized spacial score (nSPS) is 34.0. The summed E-state index contributed by atoms with van der Waals surface area (Å²) in [6.07, 6.45) is 8.24. The van der Waals surface area contributed by atoms with Crippen molar-refractivity contribution >= 4 is 21.9 Å². The first-order valence-corrected chi connectivity index (χ1v) is 16.8. The van der Waals surface area contributed by atoms with Crippen molar-refractivity contribution in [3.8, 4) is 5.75 Å². The minimum Gasteiger partial charge on any atom is -0.490 e. The zero-order valence-corrected chi connectivity index (χ0v) is 25.6. The molecule has 2 aromatic carbocycles. The predicted molar refractivity (Wildman–Crippen MR) is 162 cm³/mol. The van der Waals surface area contributed by atoms with Crippen LogP contribution in [0.4, 0.5) is 0 Å². The largest absolute Gasteiger partial charge is 0.490 e. The van der Waals surface area contributed by atoms with E-state index in [1.165, 1.54) is 12.1 Å². The van der Waals surface area contributed by atoms with E-state index >= 15 is 0 Å². The van der Waals surface area contributed by atoms with Crippen LogP contribution < -0.4 is 4.74 Å². The lowest BCUT2D eigenvalue weighted by atomic mass is 9.66. The molecule has 0 radical (unpaired) electrons. The number of fused-ring (bicyclic) bond motifs is 9. The second kappa shape index (κ2) is 12.0. The van der Waals surface area contributed by atoms with Crippen molar-refractivity contribution in [3.05, 3.63) is 84.5 Å². The van der Waals surface area contributed by atoms with Gasteiger partial charge in [-0.2, -0.15) is 8.42 Å². The molecule has 228 valence electrons. The van der Waals surface area contributed by atoms with Crippen LogP contribution in [0.25, 0.3) is 0 Å². The van der Waals surface area contributed by atoms with E-state index in [1.54, 1.807) is 18.2 Å². The van der Waals surface area contributed by atoms with Gasteiger partial charge in [-0.25, -0.2) is 0 Å². The van der Waals surface area contributed by atoms with Gasteiger partial charge in [0, 0.05) is 24.2 Å². The number of hydrogen-bond acceptors (Lipinski definition) is 7. The Bertz CT molecular complexity index is 1490. The van der Waals surface area contributed by atoms with Gasteiger partial charge in [0.2, 0.25) is 0 Å². The Kier molecular flexibility index (Phi) is 8.35. The quantitative estimate of drug-likeness (QED) is 0.183. The smallest absolute Gasteiger partial charge is 0.313 e. The SMILES string of the molecule is C=C[C@H]1C=C[C@H]2[C@@H]3C[C@H](C)CC[C@H]3[C@@H]3Oc4ccc(cc4)C[C@H](COS(=O)(=O)c4ccc(C)cc4)OC(=O)CC(=O)[C@@H]1[C@H]23. The minimum absolute atomic E-state index is 0.0263. The fourth-order valence-corrected chi connectivity index (χ4v) is 8.88. The first-order valence-electron chi connectivity index (χ1n) is 15.4. The van der Waals surface area contributed by atoms with E-state index in [0.717, 1.165) is 36.1 Å². The molecule has 2 fully saturated rings. The van der Waals surface area contributed by atoms with Crippen molar-refractivity contribution in [2.45, 2.75) is 63.1 Å². The van der Waals surface area contributed by atoms with Gasteiger partial charge in [-0.1, -0.05) is 61.4 Å². The number of carbonyl (C=O) groups is 2. The molecule has 0 amide bonds. The highest BCUT2D eigenvalue weighted by Gasteiger charge is 2.58. The van der Waals surface area contributed by atoms with Crippen molar-refractivity contribution in [3.63, 3.8) is 0 Å². The van der Waals surface area contributed by atoms with Gasteiger partial charge >= 0.3 is 5.97 Å². The fourth-order valence-electron chi connectivity index (χ4n) is 7.94. The molecule has 2 aromatic rings. The van der Waals surface area contributed by atoms with Crippen molar-refractivity contribution in [1.82, 2.24) is 0 Å². The molecule has 0 spiro atoms. The van der Waals surface area contributed by atoms with E-state index in [2.05, 4.69) is 25.7 Å². The van der Waals surface area contributed by atoms with Crippen LogP contribution in [0.1, 0.15) is 43.7 Å². The van der Waals surface area contributed by atoms with E-state index in [0.29, 0.717) is 17.8 Å².